The average Bonchev–Trinajstić information content (AvgIpc) is 3.88. The van der Waals surface area contributed by atoms with Gasteiger partial charge < -0.3 is 13.9 Å². The van der Waals surface area contributed by atoms with Crippen LogP contribution in [0.4, 0.5) is 0 Å². The molecule has 0 aliphatic carbocycles. The Balaban J connectivity index is 0.00000471. The Labute approximate surface area is 381 Å². The maximum absolute atomic E-state index is 6.65. The number of nitrogens with zero attached hydrogens (tertiary/aromatic N) is 4. The van der Waals surface area contributed by atoms with E-state index in [0.717, 1.165) is 83.4 Å². The van der Waals surface area contributed by atoms with Crippen LogP contribution in [0, 0.1) is 18.5 Å². The van der Waals surface area contributed by atoms with Gasteiger partial charge in [0.05, 0.1) is 16.7 Å². The topological polar surface area (TPSA) is 35.9 Å². The zero-order chi connectivity index (χ0) is 41.6. The molecule has 0 spiro atoms. The van der Waals surface area contributed by atoms with Crippen molar-refractivity contribution in [3.8, 4) is 62.1 Å². The maximum atomic E-state index is 6.65. The summed E-state index contributed by atoms with van der Waals surface area (Å²) in [5, 5.41) is 2.22. The van der Waals surface area contributed by atoms with E-state index in [1.807, 2.05) is 24.4 Å². The SMILES string of the molecule is CC(C)c1ccnc(-n2c3[c-]c(Oc4[c-]c(-n5[c-][n+](-c6c(-c7ccccc7)cccc6-c6ccccc6)c6cc(-c7ccccc7)ccc65)ccc4)ccc3c3ccccc32)c1.[Pt]. The average molecular weight is 992 g/mol. The van der Waals surface area contributed by atoms with E-state index < -0.39 is 0 Å². The van der Waals surface area contributed by atoms with Crippen LogP contribution in [-0.4, -0.2) is 14.1 Å². The third-order valence-electron chi connectivity index (χ3n) is 11.6. The predicted molar refractivity (Wildman–Crippen MR) is 250 cm³/mol. The molecule has 0 fully saturated rings. The molecule has 3 heterocycles. The van der Waals surface area contributed by atoms with Crippen LogP contribution in [0.2, 0.25) is 0 Å². The van der Waals surface area contributed by atoms with Crippen LogP contribution in [0.1, 0.15) is 25.3 Å². The van der Waals surface area contributed by atoms with Crippen molar-refractivity contribution >= 4 is 32.8 Å². The fourth-order valence-corrected chi connectivity index (χ4v) is 8.58. The zero-order valence-electron chi connectivity index (χ0n) is 34.6. The van der Waals surface area contributed by atoms with Crippen molar-refractivity contribution in [2.75, 3.05) is 0 Å². The normalized spacial score (nSPS) is 11.3. The van der Waals surface area contributed by atoms with Gasteiger partial charge in [0.25, 0.3) is 6.33 Å². The quantitative estimate of drug-likeness (QED) is 0.107. The third-order valence-corrected chi connectivity index (χ3v) is 11.6. The van der Waals surface area contributed by atoms with Gasteiger partial charge in [-0.25, -0.2) is 4.98 Å². The number of para-hydroxylation sites is 2. The Morgan fingerprint density at radius 1 is 0.540 bits per heavy atom. The summed E-state index contributed by atoms with van der Waals surface area (Å²) in [5.74, 6) is 2.38. The fourth-order valence-electron chi connectivity index (χ4n) is 8.58. The van der Waals surface area contributed by atoms with Crippen LogP contribution < -0.4 is 9.30 Å². The summed E-state index contributed by atoms with van der Waals surface area (Å²) in [4.78, 5) is 4.83. The fraction of sp³-hybridized carbons (Fsp3) is 0.0526. The largest absolute Gasteiger partial charge is 0.510 e. The minimum atomic E-state index is 0. The van der Waals surface area contributed by atoms with Crippen LogP contribution in [-0.2, 0) is 21.1 Å². The molecule has 6 heteroatoms. The van der Waals surface area contributed by atoms with Gasteiger partial charge in [-0.3, -0.25) is 4.57 Å². The van der Waals surface area contributed by atoms with Crippen LogP contribution in [0.3, 0.4) is 0 Å². The molecule has 63 heavy (non-hydrogen) atoms. The summed E-state index contributed by atoms with van der Waals surface area (Å²) in [6.07, 6.45) is 5.71. The molecule has 0 bridgehead atoms. The van der Waals surface area contributed by atoms with Crippen LogP contribution in [0.15, 0.2) is 200 Å². The number of benzene rings is 8. The molecular weight excluding hydrogens is 952 g/mol. The van der Waals surface area contributed by atoms with E-state index in [-0.39, 0.29) is 21.1 Å². The molecule has 0 saturated carbocycles. The van der Waals surface area contributed by atoms with Crippen LogP contribution in [0.5, 0.6) is 11.5 Å². The van der Waals surface area contributed by atoms with Crippen molar-refractivity contribution in [2.45, 2.75) is 19.8 Å². The van der Waals surface area contributed by atoms with Crippen molar-refractivity contribution in [1.29, 1.82) is 0 Å². The van der Waals surface area contributed by atoms with Crippen molar-refractivity contribution in [3.05, 3.63) is 224 Å². The number of ether oxygens (including phenoxy) is 1. The van der Waals surface area contributed by atoms with Gasteiger partial charge in [-0.2, -0.15) is 18.2 Å². The number of fused-ring (bicyclic) bond motifs is 4. The molecule has 0 atom stereocenters. The summed E-state index contributed by atoms with van der Waals surface area (Å²) in [5.41, 5.74) is 13.7. The van der Waals surface area contributed by atoms with E-state index >= 15 is 0 Å². The van der Waals surface area contributed by atoms with E-state index in [9.17, 15) is 0 Å². The molecular formula is C57H40N4OPt-2. The summed E-state index contributed by atoms with van der Waals surface area (Å²) in [6, 6.07) is 74.9. The predicted octanol–water partition coefficient (Wildman–Crippen LogP) is 13.7. The smallest absolute Gasteiger partial charge is 0.268 e. The molecule has 306 valence electrons. The number of imidazole rings is 1. The van der Waals surface area contributed by atoms with Crippen molar-refractivity contribution in [1.82, 2.24) is 14.1 Å². The molecule has 0 unspecified atom stereocenters. The molecule has 0 saturated heterocycles. The van der Waals surface area contributed by atoms with E-state index in [1.54, 1.807) is 0 Å². The number of rotatable bonds is 9. The summed E-state index contributed by atoms with van der Waals surface area (Å²) in [6.45, 7) is 4.41. The second-order valence-corrected chi connectivity index (χ2v) is 15.8. The van der Waals surface area contributed by atoms with Gasteiger partial charge in [0, 0.05) is 44.3 Å². The van der Waals surface area contributed by atoms with Gasteiger partial charge in [-0.15, -0.1) is 29.7 Å². The first-order valence-electron chi connectivity index (χ1n) is 21.0. The van der Waals surface area contributed by atoms with Gasteiger partial charge in [0.15, 0.2) is 0 Å². The van der Waals surface area contributed by atoms with Crippen molar-refractivity contribution in [2.24, 2.45) is 0 Å². The molecule has 5 nitrogen and oxygen atoms in total. The first-order valence-corrected chi connectivity index (χ1v) is 21.0. The summed E-state index contributed by atoms with van der Waals surface area (Å²) < 4.78 is 13.1. The molecule has 0 aliphatic rings. The summed E-state index contributed by atoms with van der Waals surface area (Å²) >= 11 is 0. The molecule has 0 aliphatic heterocycles. The van der Waals surface area contributed by atoms with Gasteiger partial charge in [0.2, 0.25) is 0 Å². The molecule has 8 aromatic carbocycles. The zero-order valence-corrected chi connectivity index (χ0v) is 36.9. The Morgan fingerprint density at radius 3 is 1.90 bits per heavy atom. The van der Waals surface area contributed by atoms with Gasteiger partial charge >= 0.3 is 0 Å². The molecule has 11 aromatic rings. The molecule has 11 rings (SSSR count). The molecule has 0 amide bonds. The Morgan fingerprint density at radius 2 is 1.19 bits per heavy atom. The number of pyridine rings is 1. The Hall–Kier alpha value is -7.33. The first-order chi connectivity index (χ1) is 30.6. The minimum Gasteiger partial charge on any atom is -0.510 e. The number of aromatic nitrogens is 4. The van der Waals surface area contributed by atoms with Crippen molar-refractivity contribution < 1.29 is 30.4 Å². The molecule has 0 radical (unpaired) electrons. The monoisotopic (exact) mass is 991 g/mol. The van der Waals surface area contributed by atoms with Crippen LogP contribution in [0.25, 0.3) is 83.4 Å². The van der Waals surface area contributed by atoms with Gasteiger partial charge in [-0.1, -0.05) is 159 Å². The second kappa shape index (κ2) is 16.9. The maximum Gasteiger partial charge on any atom is 0.268 e. The number of hydrogen-bond acceptors (Lipinski definition) is 2. The van der Waals surface area contributed by atoms with Gasteiger partial charge in [-0.05, 0) is 80.2 Å². The van der Waals surface area contributed by atoms with E-state index in [4.69, 9.17) is 9.72 Å². The Kier molecular flexibility index (Phi) is 10.6. The Bertz CT molecular complexity index is 3350. The second-order valence-electron chi connectivity index (χ2n) is 15.8. The van der Waals surface area contributed by atoms with E-state index in [2.05, 4.69) is 222 Å². The van der Waals surface area contributed by atoms with E-state index in [1.165, 1.54) is 5.56 Å². The molecule has 3 aromatic heterocycles. The number of hydrogen-bond donors (Lipinski definition) is 0. The van der Waals surface area contributed by atoms with Crippen LogP contribution >= 0.6 is 0 Å². The van der Waals surface area contributed by atoms with Gasteiger partial charge in [0.1, 0.15) is 5.82 Å². The minimum absolute atomic E-state index is 0. The van der Waals surface area contributed by atoms with Crippen molar-refractivity contribution in [3.63, 3.8) is 0 Å². The first kappa shape index (κ1) is 39.8. The third kappa shape index (κ3) is 7.35. The standard InChI is InChI=1S/C57H40N4O.Pt/c1-39(2)43-32-33-58-56(35-43)61-52-27-13-12-24-50(52)51-30-29-47(37-54(51)61)62-46-23-14-22-45(36-46)59-38-60(55-34-44(28-31-53(55)59)40-16-6-3-7-17-40)57-48(41-18-8-4-9-19-41)25-15-26-49(57)42-20-10-5-11-21-42;/h3-35,39H,1-2H3;/q-2;. The summed E-state index contributed by atoms with van der Waals surface area (Å²) in [7, 11) is 0. The molecule has 0 N–H and O–H groups in total. The van der Waals surface area contributed by atoms with E-state index in [0.29, 0.717) is 17.4 Å².